The number of hydrogen-bond donors (Lipinski definition) is 0. The summed E-state index contributed by atoms with van der Waals surface area (Å²) in [6.07, 6.45) is 2.12. The Labute approximate surface area is 105 Å². The molecule has 1 amide bonds. The van der Waals surface area contributed by atoms with Crippen LogP contribution in [0.15, 0.2) is 18.2 Å². The van der Waals surface area contributed by atoms with Gasteiger partial charge in [-0.05, 0) is 30.5 Å². The Morgan fingerprint density at radius 3 is 2.53 bits per heavy atom. The van der Waals surface area contributed by atoms with Gasteiger partial charge in [-0.2, -0.15) is 0 Å². The van der Waals surface area contributed by atoms with Crippen LogP contribution in [0.2, 0.25) is 0 Å². The number of nitrogens with zero attached hydrogens (tertiary/aromatic N) is 1. The molecule has 2 nitrogen and oxygen atoms in total. The van der Waals surface area contributed by atoms with Crippen molar-refractivity contribution in [2.75, 3.05) is 11.9 Å². The van der Waals surface area contributed by atoms with Crippen molar-refractivity contribution in [2.24, 2.45) is 5.92 Å². The molecule has 0 radical (unpaired) electrons. The Kier molecular flexibility index (Phi) is 4.73. The summed E-state index contributed by atoms with van der Waals surface area (Å²) in [6, 6.07) is 6.35. The van der Waals surface area contributed by atoms with Crippen LogP contribution in [0, 0.1) is 12.8 Å². The number of hydrogen-bond acceptors (Lipinski definition) is 1. The highest BCUT2D eigenvalue weighted by Crippen LogP contribution is 2.24. The molecule has 0 heterocycles. The fourth-order valence-electron chi connectivity index (χ4n) is 1.97. The third-order valence-electron chi connectivity index (χ3n) is 2.95. The summed E-state index contributed by atoms with van der Waals surface area (Å²) >= 11 is 0. The molecule has 94 valence electrons. The molecule has 0 saturated carbocycles. The van der Waals surface area contributed by atoms with Crippen LogP contribution in [0.25, 0.3) is 0 Å². The molecular weight excluding hydrogens is 210 g/mol. The molecule has 0 atom stereocenters. The second-order valence-corrected chi connectivity index (χ2v) is 4.93. The van der Waals surface area contributed by atoms with E-state index in [0.717, 1.165) is 18.5 Å². The summed E-state index contributed by atoms with van der Waals surface area (Å²) < 4.78 is 0. The molecule has 0 fully saturated rings. The van der Waals surface area contributed by atoms with Crippen molar-refractivity contribution >= 4 is 11.6 Å². The Morgan fingerprint density at radius 1 is 1.35 bits per heavy atom. The van der Waals surface area contributed by atoms with Gasteiger partial charge in [-0.3, -0.25) is 4.79 Å². The van der Waals surface area contributed by atoms with Gasteiger partial charge in [0.2, 0.25) is 5.91 Å². The Morgan fingerprint density at radius 2 is 2.00 bits per heavy atom. The molecule has 0 aromatic heterocycles. The van der Waals surface area contributed by atoms with Crippen LogP contribution in [-0.2, 0) is 11.2 Å². The van der Waals surface area contributed by atoms with Crippen LogP contribution in [-0.4, -0.2) is 13.0 Å². The van der Waals surface area contributed by atoms with E-state index in [0.29, 0.717) is 0 Å². The minimum atomic E-state index is 0.0370. The van der Waals surface area contributed by atoms with Gasteiger partial charge in [0.25, 0.3) is 0 Å². The second-order valence-electron chi connectivity index (χ2n) is 4.93. The first-order chi connectivity index (χ1) is 7.97. The normalized spacial score (nSPS) is 10.7. The van der Waals surface area contributed by atoms with E-state index in [1.807, 2.05) is 20.9 Å². The summed E-state index contributed by atoms with van der Waals surface area (Å²) in [4.78, 5) is 13.8. The summed E-state index contributed by atoms with van der Waals surface area (Å²) in [6.45, 7) is 8.10. The van der Waals surface area contributed by atoms with E-state index in [4.69, 9.17) is 0 Å². The lowest BCUT2D eigenvalue weighted by Gasteiger charge is -2.23. The van der Waals surface area contributed by atoms with Crippen molar-refractivity contribution in [1.82, 2.24) is 0 Å². The van der Waals surface area contributed by atoms with E-state index in [2.05, 4.69) is 32.0 Å². The predicted molar refractivity (Wildman–Crippen MR) is 73.4 cm³/mol. The van der Waals surface area contributed by atoms with Gasteiger partial charge in [-0.25, -0.2) is 0 Å². The van der Waals surface area contributed by atoms with Gasteiger partial charge in [0.1, 0.15) is 0 Å². The van der Waals surface area contributed by atoms with Crippen LogP contribution >= 0.6 is 0 Å². The van der Waals surface area contributed by atoms with E-state index in [1.165, 1.54) is 11.1 Å². The maximum atomic E-state index is 12.0. The third kappa shape index (κ3) is 3.32. The molecule has 0 saturated heterocycles. The number of benzene rings is 1. The zero-order chi connectivity index (χ0) is 13.0. The lowest BCUT2D eigenvalue weighted by atomic mass is 10.0. The average molecular weight is 233 g/mol. The molecule has 0 spiro atoms. The van der Waals surface area contributed by atoms with Crippen molar-refractivity contribution in [3.05, 3.63) is 29.3 Å². The Bertz CT molecular complexity index is 396. The number of carbonyl (C=O) groups excluding carboxylic acids is 1. The second kappa shape index (κ2) is 5.85. The highest BCUT2D eigenvalue weighted by molar-refractivity contribution is 5.94. The minimum absolute atomic E-state index is 0.0370. The van der Waals surface area contributed by atoms with Gasteiger partial charge in [0.15, 0.2) is 0 Å². The molecule has 2 heteroatoms. The zero-order valence-corrected chi connectivity index (χ0v) is 11.6. The van der Waals surface area contributed by atoms with Crippen LogP contribution < -0.4 is 4.90 Å². The van der Waals surface area contributed by atoms with Gasteiger partial charge in [-0.15, -0.1) is 0 Å². The van der Waals surface area contributed by atoms with Gasteiger partial charge in [-0.1, -0.05) is 39.3 Å². The van der Waals surface area contributed by atoms with Crippen LogP contribution in [0.5, 0.6) is 0 Å². The molecule has 1 rings (SSSR count). The Balaban J connectivity index is 3.09. The molecule has 0 aliphatic rings. The van der Waals surface area contributed by atoms with Crippen molar-refractivity contribution < 1.29 is 4.79 Å². The van der Waals surface area contributed by atoms with Gasteiger partial charge in [0, 0.05) is 18.7 Å². The largest absolute Gasteiger partial charge is 0.315 e. The maximum Gasteiger partial charge on any atom is 0.229 e. The van der Waals surface area contributed by atoms with E-state index in [1.54, 1.807) is 4.90 Å². The van der Waals surface area contributed by atoms with Crippen molar-refractivity contribution in [1.29, 1.82) is 0 Å². The van der Waals surface area contributed by atoms with Crippen LogP contribution in [0.4, 0.5) is 5.69 Å². The fourth-order valence-corrected chi connectivity index (χ4v) is 1.97. The van der Waals surface area contributed by atoms with E-state index < -0.39 is 0 Å². The first kappa shape index (κ1) is 13.8. The van der Waals surface area contributed by atoms with E-state index in [-0.39, 0.29) is 11.8 Å². The summed E-state index contributed by atoms with van der Waals surface area (Å²) in [5.41, 5.74) is 3.52. The molecule has 0 aliphatic carbocycles. The van der Waals surface area contributed by atoms with Crippen LogP contribution in [0.1, 0.15) is 38.3 Å². The number of amides is 1. The van der Waals surface area contributed by atoms with Crippen molar-refractivity contribution in [3.8, 4) is 0 Å². The summed E-state index contributed by atoms with van der Waals surface area (Å²) in [7, 11) is 1.87. The highest BCUT2D eigenvalue weighted by atomic mass is 16.2. The predicted octanol–water partition coefficient (Wildman–Crippen LogP) is 3.57. The number of anilines is 1. The van der Waals surface area contributed by atoms with E-state index in [9.17, 15) is 4.79 Å². The lowest BCUT2D eigenvalue weighted by molar-refractivity contribution is -0.121. The molecule has 17 heavy (non-hydrogen) atoms. The average Bonchev–Trinajstić information content (AvgIpc) is 2.29. The van der Waals surface area contributed by atoms with E-state index >= 15 is 0 Å². The van der Waals surface area contributed by atoms with Crippen LogP contribution in [0.3, 0.4) is 0 Å². The fraction of sp³-hybridized carbons (Fsp3) is 0.533. The molecule has 0 unspecified atom stereocenters. The molecule has 0 aliphatic heterocycles. The van der Waals surface area contributed by atoms with Gasteiger partial charge < -0.3 is 4.90 Å². The standard InChI is InChI=1S/C15H23NO/c1-6-7-13-9-8-12(4)10-14(13)16(5)15(17)11(2)3/h8-11H,6-7H2,1-5H3. The third-order valence-corrected chi connectivity index (χ3v) is 2.95. The van der Waals surface area contributed by atoms with Gasteiger partial charge in [0.05, 0.1) is 0 Å². The number of aryl methyl sites for hydroxylation is 2. The molecule has 0 N–H and O–H groups in total. The number of carbonyl (C=O) groups is 1. The maximum absolute atomic E-state index is 12.0. The minimum Gasteiger partial charge on any atom is -0.315 e. The topological polar surface area (TPSA) is 20.3 Å². The first-order valence-corrected chi connectivity index (χ1v) is 6.34. The first-order valence-electron chi connectivity index (χ1n) is 6.34. The smallest absolute Gasteiger partial charge is 0.229 e. The Hall–Kier alpha value is -1.31. The molecule has 0 bridgehead atoms. The monoisotopic (exact) mass is 233 g/mol. The van der Waals surface area contributed by atoms with Gasteiger partial charge >= 0.3 is 0 Å². The summed E-state index contributed by atoms with van der Waals surface area (Å²) in [5, 5.41) is 0. The molecule has 1 aromatic carbocycles. The molecular formula is C15H23NO. The van der Waals surface area contributed by atoms with Crippen molar-refractivity contribution in [2.45, 2.75) is 40.5 Å². The SMILES string of the molecule is CCCc1ccc(C)cc1N(C)C(=O)C(C)C. The summed E-state index contributed by atoms with van der Waals surface area (Å²) in [5.74, 6) is 0.211. The van der Waals surface area contributed by atoms with Crippen molar-refractivity contribution in [3.63, 3.8) is 0 Å². The lowest BCUT2D eigenvalue weighted by Crippen LogP contribution is -2.31. The highest BCUT2D eigenvalue weighted by Gasteiger charge is 2.17. The zero-order valence-electron chi connectivity index (χ0n) is 11.6. The molecule has 1 aromatic rings. The quantitative estimate of drug-likeness (QED) is 0.778. The number of rotatable bonds is 4.